The molecule has 5 nitrogen and oxygen atoms in total. The van der Waals surface area contributed by atoms with E-state index in [1.165, 1.54) is 5.56 Å². The lowest BCUT2D eigenvalue weighted by molar-refractivity contribution is 0.0518. The van der Waals surface area contributed by atoms with Gasteiger partial charge in [-0.05, 0) is 44.9 Å². The lowest BCUT2D eigenvalue weighted by atomic mass is 10.0. The SMILES string of the molecule is Cc1ccc(CNC(=S)[C@@H](Cc2c[nH]c3ccccc23)NC(=O)OC(C)(C)C)cc1. The molecule has 0 saturated heterocycles. The summed E-state index contributed by atoms with van der Waals surface area (Å²) < 4.78 is 5.46. The van der Waals surface area contributed by atoms with Gasteiger partial charge in [0.2, 0.25) is 0 Å². The highest BCUT2D eigenvalue weighted by molar-refractivity contribution is 7.80. The second-order valence-electron chi connectivity index (χ2n) is 8.47. The van der Waals surface area contributed by atoms with Crippen LogP contribution in [0.2, 0.25) is 0 Å². The zero-order valence-electron chi connectivity index (χ0n) is 17.9. The summed E-state index contributed by atoms with van der Waals surface area (Å²) in [5.74, 6) is 0. The quantitative estimate of drug-likeness (QED) is 0.487. The molecule has 6 heteroatoms. The van der Waals surface area contributed by atoms with Gasteiger partial charge in [0.25, 0.3) is 0 Å². The number of carbonyl (C=O) groups is 1. The van der Waals surface area contributed by atoms with Crippen molar-refractivity contribution in [1.29, 1.82) is 0 Å². The molecular weight excluding hydrogens is 394 g/mol. The molecule has 1 aromatic heterocycles. The Morgan fingerprint density at radius 3 is 2.53 bits per heavy atom. The normalized spacial score (nSPS) is 12.4. The zero-order chi connectivity index (χ0) is 21.7. The highest BCUT2D eigenvalue weighted by Gasteiger charge is 2.23. The van der Waals surface area contributed by atoms with Crippen molar-refractivity contribution in [1.82, 2.24) is 15.6 Å². The number of amides is 1. The van der Waals surface area contributed by atoms with Gasteiger partial charge in [-0.3, -0.25) is 0 Å². The van der Waals surface area contributed by atoms with Crippen molar-refractivity contribution < 1.29 is 9.53 Å². The van der Waals surface area contributed by atoms with Crippen LogP contribution in [0.25, 0.3) is 10.9 Å². The second kappa shape index (κ2) is 9.30. The van der Waals surface area contributed by atoms with Crippen molar-refractivity contribution in [2.24, 2.45) is 0 Å². The topological polar surface area (TPSA) is 66.2 Å². The van der Waals surface area contributed by atoms with E-state index in [2.05, 4.69) is 52.9 Å². The average molecular weight is 424 g/mol. The lowest BCUT2D eigenvalue weighted by Gasteiger charge is -2.24. The number of ether oxygens (including phenoxy) is 1. The second-order valence-corrected chi connectivity index (χ2v) is 8.91. The Bertz CT molecular complexity index is 1020. The van der Waals surface area contributed by atoms with Crippen LogP contribution in [-0.2, 0) is 17.7 Å². The smallest absolute Gasteiger partial charge is 0.408 e. The van der Waals surface area contributed by atoms with E-state index < -0.39 is 11.7 Å². The molecule has 1 heterocycles. The van der Waals surface area contributed by atoms with E-state index in [9.17, 15) is 4.79 Å². The van der Waals surface area contributed by atoms with Gasteiger partial charge < -0.3 is 20.4 Å². The molecule has 30 heavy (non-hydrogen) atoms. The van der Waals surface area contributed by atoms with Crippen LogP contribution in [0.5, 0.6) is 0 Å². The van der Waals surface area contributed by atoms with Crippen LogP contribution in [0, 0.1) is 6.92 Å². The third-order valence-electron chi connectivity index (χ3n) is 4.69. The van der Waals surface area contributed by atoms with Crippen LogP contribution < -0.4 is 10.6 Å². The number of hydrogen-bond donors (Lipinski definition) is 3. The van der Waals surface area contributed by atoms with Gasteiger partial charge >= 0.3 is 6.09 Å². The number of H-pyrrole nitrogens is 1. The van der Waals surface area contributed by atoms with Gasteiger partial charge in [-0.2, -0.15) is 0 Å². The van der Waals surface area contributed by atoms with Crippen LogP contribution in [0.1, 0.15) is 37.5 Å². The molecule has 3 rings (SSSR count). The van der Waals surface area contributed by atoms with Crippen LogP contribution in [0.3, 0.4) is 0 Å². The number of aromatic nitrogens is 1. The van der Waals surface area contributed by atoms with Crippen molar-refractivity contribution in [3.63, 3.8) is 0 Å². The average Bonchev–Trinajstić information content (AvgIpc) is 3.08. The van der Waals surface area contributed by atoms with Crippen LogP contribution in [0.4, 0.5) is 4.79 Å². The number of benzene rings is 2. The summed E-state index contributed by atoms with van der Waals surface area (Å²) >= 11 is 5.66. The molecule has 0 saturated carbocycles. The number of carbonyl (C=O) groups excluding carboxylic acids is 1. The van der Waals surface area contributed by atoms with Crippen molar-refractivity contribution >= 4 is 34.2 Å². The van der Waals surface area contributed by atoms with E-state index in [1.54, 1.807) is 0 Å². The fourth-order valence-electron chi connectivity index (χ4n) is 3.20. The fraction of sp³-hybridized carbons (Fsp3) is 0.333. The highest BCUT2D eigenvalue weighted by Crippen LogP contribution is 2.19. The lowest BCUT2D eigenvalue weighted by Crippen LogP contribution is -2.48. The van der Waals surface area contributed by atoms with Crippen LogP contribution in [0.15, 0.2) is 54.7 Å². The van der Waals surface area contributed by atoms with Gasteiger partial charge in [0.05, 0.1) is 11.0 Å². The molecule has 3 aromatic rings. The first-order valence-electron chi connectivity index (χ1n) is 10.1. The first-order chi connectivity index (χ1) is 14.2. The molecule has 0 spiro atoms. The maximum absolute atomic E-state index is 12.4. The summed E-state index contributed by atoms with van der Waals surface area (Å²) in [6, 6.07) is 16.0. The third kappa shape index (κ3) is 6.07. The van der Waals surface area contributed by atoms with Crippen molar-refractivity contribution in [2.75, 3.05) is 0 Å². The van der Waals surface area contributed by atoms with Crippen molar-refractivity contribution in [2.45, 2.75) is 52.3 Å². The molecule has 0 bridgehead atoms. The van der Waals surface area contributed by atoms with Crippen molar-refractivity contribution in [3.8, 4) is 0 Å². The predicted octanol–water partition coefficient (Wildman–Crippen LogP) is 5.03. The molecule has 0 radical (unpaired) electrons. The van der Waals surface area contributed by atoms with E-state index in [1.807, 2.05) is 45.2 Å². The zero-order valence-corrected chi connectivity index (χ0v) is 18.7. The maximum Gasteiger partial charge on any atom is 0.408 e. The monoisotopic (exact) mass is 423 g/mol. The minimum absolute atomic E-state index is 0.389. The Balaban J connectivity index is 1.74. The largest absolute Gasteiger partial charge is 0.444 e. The molecule has 0 aliphatic carbocycles. The number of aryl methyl sites for hydroxylation is 1. The van der Waals surface area contributed by atoms with E-state index in [4.69, 9.17) is 17.0 Å². The maximum atomic E-state index is 12.4. The molecule has 0 fully saturated rings. The third-order valence-corrected chi connectivity index (χ3v) is 5.12. The number of nitrogens with one attached hydrogen (secondary N) is 3. The van der Waals surface area contributed by atoms with Crippen LogP contribution >= 0.6 is 12.2 Å². The van der Waals surface area contributed by atoms with Crippen molar-refractivity contribution in [3.05, 3.63) is 71.4 Å². The summed E-state index contributed by atoms with van der Waals surface area (Å²) in [5, 5.41) is 7.36. The van der Waals surface area contributed by atoms with Gasteiger partial charge in [0, 0.05) is 30.1 Å². The number of hydrogen-bond acceptors (Lipinski definition) is 3. The minimum Gasteiger partial charge on any atom is -0.444 e. The molecule has 3 N–H and O–H groups in total. The van der Waals surface area contributed by atoms with Gasteiger partial charge in [-0.15, -0.1) is 0 Å². The number of thiocarbonyl (C=S) groups is 1. The summed E-state index contributed by atoms with van der Waals surface area (Å²) in [6.45, 7) is 8.18. The summed E-state index contributed by atoms with van der Waals surface area (Å²) in [4.78, 5) is 16.3. The van der Waals surface area contributed by atoms with E-state index in [-0.39, 0.29) is 6.04 Å². The Morgan fingerprint density at radius 2 is 1.83 bits per heavy atom. The first-order valence-corrected chi connectivity index (χ1v) is 10.5. The molecule has 1 atom stereocenters. The first kappa shape index (κ1) is 21.8. The number of fused-ring (bicyclic) bond motifs is 1. The number of aromatic amines is 1. The van der Waals surface area contributed by atoms with E-state index in [0.717, 1.165) is 22.0 Å². The van der Waals surface area contributed by atoms with Crippen LogP contribution in [-0.4, -0.2) is 27.7 Å². The molecular formula is C24H29N3O2S. The fourth-order valence-corrected chi connectivity index (χ4v) is 3.41. The predicted molar refractivity (Wildman–Crippen MR) is 126 cm³/mol. The van der Waals surface area contributed by atoms with Gasteiger partial charge in [0.15, 0.2) is 0 Å². The standard InChI is InChI=1S/C24H29N3O2S/c1-16-9-11-17(12-10-16)14-26-22(30)21(27-23(28)29-24(2,3)4)13-18-15-25-20-8-6-5-7-19(18)20/h5-12,15,21,25H,13-14H2,1-4H3,(H,26,30)(H,27,28)/t21-/m1/s1. The Morgan fingerprint density at radius 1 is 1.13 bits per heavy atom. The number of alkyl carbamates (subject to hydrolysis) is 1. The Hall–Kier alpha value is -2.86. The summed E-state index contributed by atoms with van der Waals surface area (Å²) in [7, 11) is 0. The molecule has 2 aromatic carbocycles. The van der Waals surface area contributed by atoms with Gasteiger partial charge in [-0.1, -0.05) is 60.2 Å². The molecule has 1 amide bonds. The highest BCUT2D eigenvalue weighted by atomic mass is 32.1. The summed E-state index contributed by atoms with van der Waals surface area (Å²) in [6.07, 6.45) is 2.05. The Labute approximate surface area is 183 Å². The number of rotatable bonds is 6. The van der Waals surface area contributed by atoms with Gasteiger partial charge in [0.1, 0.15) is 5.60 Å². The van der Waals surface area contributed by atoms with Gasteiger partial charge in [-0.25, -0.2) is 4.79 Å². The Kier molecular flexibility index (Phi) is 6.77. The van der Waals surface area contributed by atoms with E-state index >= 15 is 0 Å². The molecule has 0 aliphatic rings. The minimum atomic E-state index is -0.577. The molecule has 0 aliphatic heterocycles. The number of para-hydroxylation sites is 1. The molecule has 0 unspecified atom stereocenters. The van der Waals surface area contributed by atoms with E-state index in [0.29, 0.717) is 18.0 Å². The molecule has 158 valence electrons. The summed E-state index contributed by atoms with van der Waals surface area (Å²) in [5.41, 5.74) is 3.91.